The minimum Gasteiger partial charge on any atom is -0.338 e. The second-order valence-corrected chi connectivity index (χ2v) is 5.88. The number of nitrogens with one attached hydrogen (secondary N) is 2. The van der Waals surface area contributed by atoms with Gasteiger partial charge in [0.25, 0.3) is 0 Å². The van der Waals surface area contributed by atoms with Crippen LogP contribution in [0.25, 0.3) is 11.5 Å². The Balaban J connectivity index is 1.29. The monoisotopic (exact) mass is 362 g/mol. The van der Waals surface area contributed by atoms with Crippen LogP contribution in [0.1, 0.15) is 11.3 Å². The molecule has 0 saturated heterocycles. The predicted molar refractivity (Wildman–Crippen MR) is 98.3 cm³/mol. The van der Waals surface area contributed by atoms with E-state index in [4.69, 9.17) is 0 Å². The third-order valence-corrected chi connectivity index (χ3v) is 4.02. The van der Waals surface area contributed by atoms with Crippen molar-refractivity contribution in [3.05, 3.63) is 72.8 Å². The molecule has 2 amide bonds. The summed E-state index contributed by atoms with van der Waals surface area (Å²) in [7, 11) is 0. The molecule has 0 fully saturated rings. The number of pyridine rings is 2. The maximum absolute atomic E-state index is 12.1. The van der Waals surface area contributed by atoms with Crippen LogP contribution in [0.4, 0.5) is 4.79 Å². The third-order valence-electron chi connectivity index (χ3n) is 4.02. The molecule has 4 rings (SSSR count). The molecule has 0 aliphatic carbocycles. The van der Waals surface area contributed by atoms with Crippen molar-refractivity contribution in [2.75, 3.05) is 6.54 Å². The molecule has 0 atom stereocenters. The average molecular weight is 362 g/mol. The van der Waals surface area contributed by atoms with Crippen molar-refractivity contribution in [3.63, 3.8) is 0 Å². The van der Waals surface area contributed by atoms with Gasteiger partial charge in [-0.1, -0.05) is 12.1 Å². The number of hydrogen-bond donors (Lipinski definition) is 2. The zero-order chi connectivity index (χ0) is 18.5. The summed E-state index contributed by atoms with van der Waals surface area (Å²) in [4.78, 5) is 24.8. The molecule has 0 aromatic carbocycles. The number of carbonyl (C=O) groups excluding carboxylic acids is 1. The molecule has 0 aliphatic rings. The Morgan fingerprint density at radius 3 is 2.96 bits per heavy atom. The zero-order valence-corrected chi connectivity index (χ0v) is 14.5. The van der Waals surface area contributed by atoms with Crippen LogP contribution in [0, 0.1) is 0 Å². The molecule has 0 spiro atoms. The minimum absolute atomic E-state index is 0.243. The number of aromatic nitrogens is 6. The summed E-state index contributed by atoms with van der Waals surface area (Å²) in [6.07, 6.45) is 9.27. The molecular formula is C18H18N8O. The normalized spacial score (nSPS) is 10.8. The Kier molecular flexibility index (Phi) is 4.73. The van der Waals surface area contributed by atoms with E-state index in [1.165, 1.54) is 6.33 Å². The number of urea groups is 1. The van der Waals surface area contributed by atoms with Crippen LogP contribution < -0.4 is 10.6 Å². The van der Waals surface area contributed by atoms with Gasteiger partial charge in [0.1, 0.15) is 18.3 Å². The summed E-state index contributed by atoms with van der Waals surface area (Å²) in [6.45, 7) is 0.835. The Morgan fingerprint density at radius 1 is 1.15 bits per heavy atom. The summed E-state index contributed by atoms with van der Waals surface area (Å²) in [5, 5.41) is 9.76. The van der Waals surface area contributed by atoms with Crippen molar-refractivity contribution in [2.45, 2.75) is 13.0 Å². The van der Waals surface area contributed by atoms with E-state index < -0.39 is 0 Å². The van der Waals surface area contributed by atoms with Crippen molar-refractivity contribution in [1.29, 1.82) is 0 Å². The Morgan fingerprint density at radius 2 is 2.11 bits per heavy atom. The van der Waals surface area contributed by atoms with Crippen LogP contribution in [0.15, 0.2) is 61.6 Å². The Labute approximate surface area is 155 Å². The minimum atomic E-state index is -0.243. The SMILES string of the molecule is O=C(NCCc1cn2ccccc2n1)NCc1cccnc1-n1cncn1. The number of hydrogen-bond acceptors (Lipinski definition) is 5. The molecule has 0 unspecified atom stereocenters. The number of carbonyl (C=O) groups is 1. The van der Waals surface area contributed by atoms with E-state index in [1.54, 1.807) is 17.2 Å². The van der Waals surface area contributed by atoms with Gasteiger partial charge >= 0.3 is 6.03 Å². The van der Waals surface area contributed by atoms with Gasteiger partial charge in [0.2, 0.25) is 0 Å². The molecule has 4 aromatic rings. The molecule has 4 aromatic heterocycles. The van der Waals surface area contributed by atoms with Gasteiger partial charge in [-0.05, 0) is 18.2 Å². The van der Waals surface area contributed by atoms with Gasteiger partial charge in [-0.3, -0.25) is 0 Å². The fourth-order valence-corrected chi connectivity index (χ4v) is 2.74. The average Bonchev–Trinajstić information content (AvgIpc) is 3.36. The zero-order valence-electron chi connectivity index (χ0n) is 14.5. The lowest BCUT2D eigenvalue weighted by Gasteiger charge is -2.10. The molecule has 2 N–H and O–H groups in total. The lowest BCUT2D eigenvalue weighted by atomic mass is 10.2. The number of nitrogens with zero attached hydrogens (tertiary/aromatic N) is 6. The summed E-state index contributed by atoms with van der Waals surface area (Å²) < 4.78 is 3.53. The summed E-state index contributed by atoms with van der Waals surface area (Å²) in [5.74, 6) is 0.639. The lowest BCUT2D eigenvalue weighted by molar-refractivity contribution is 0.240. The molecular weight excluding hydrogens is 344 g/mol. The summed E-state index contributed by atoms with van der Waals surface area (Å²) in [5.41, 5.74) is 2.68. The fraction of sp³-hybridized carbons (Fsp3) is 0.167. The van der Waals surface area contributed by atoms with E-state index >= 15 is 0 Å². The van der Waals surface area contributed by atoms with Crippen LogP contribution in [0.3, 0.4) is 0 Å². The van der Waals surface area contributed by atoms with Crippen LogP contribution in [-0.4, -0.2) is 41.7 Å². The highest BCUT2D eigenvalue weighted by Crippen LogP contribution is 2.09. The topological polar surface area (TPSA) is 102 Å². The molecule has 0 saturated carbocycles. The second-order valence-electron chi connectivity index (χ2n) is 5.88. The largest absolute Gasteiger partial charge is 0.338 e. The third kappa shape index (κ3) is 3.92. The van der Waals surface area contributed by atoms with Crippen molar-refractivity contribution >= 4 is 11.7 Å². The van der Waals surface area contributed by atoms with Crippen molar-refractivity contribution in [2.24, 2.45) is 0 Å². The first kappa shape index (κ1) is 16.7. The van der Waals surface area contributed by atoms with Gasteiger partial charge in [-0.25, -0.2) is 24.4 Å². The van der Waals surface area contributed by atoms with Crippen LogP contribution >= 0.6 is 0 Å². The maximum Gasteiger partial charge on any atom is 0.315 e. The summed E-state index contributed by atoms with van der Waals surface area (Å²) >= 11 is 0. The highest BCUT2D eigenvalue weighted by Gasteiger charge is 2.08. The molecule has 9 nitrogen and oxygen atoms in total. The molecule has 136 valence electrons. The quantitative estimate of drug-likeness (QED) is 0.539. The van der Waals surface area contributed by atoms with Crippen molar-refractivity contribution in [3.8, 4) is 5.82 Å². The maximum atomic E-state index is 12.1. The number of imidazole rings is 1. The first-order valence-corrected chi connectivity index (χ1v) is 8.53. The van der Waals surface area contributed by atoms with Gasteiger partial charge < -0.3 is 15.0 Å². The van der Waals surface area contributed by atoms with E-state index in [0.717, 1.165) is 16.9 Å². The van der Waals surface area contributed by atoms with Gasteiger partial charge in [-0.15, -0.1) is 0 Å². The molecule has 9 heteroatoms. The van der Waals surface area contributed by atoms with Crippen LogP contribution in [0.2, 0.25) is 0 Å². The Bertz CT molecular complexity index is 1010. The van der Waals surface area contributed by atoms with Crippen LogP contribution in [0.5, 0.6) is 0 Å². The molecule has 0 radical (unpaired) electrons. The predicted octanol–water partition coefficient (Wildman–Crippen LogP) is 1.35. The second kappa shape index (κ2) is 7.65. The standard InChI is InChI=1S/C18H18N8O/c27-18(21-8-6-15-11-25-9-2-1-5-16(25)24-15)22-10-14-4-3-7-20-17(14)26-13-19-12-23-26/h1-5,7,9,11-13H,6,8,10H2,(H2,21,22,27). The Hall–Kier alpha value is -3.75. The summed E-state index contributed by atoms with van der Waals surface area (Å²) in [6, 6.07) is 9.32. The number of fused-ring (bicyclic) bond motifs is 1. The first-order chi connectivity index (χ1) is 13.3. The number of rotatable bonds is 6. The van der Waals surface area contributed by atoms with Gasteiger partial charge in [0, 0.05) is 43.7 Å². The smallest absolute Gasteiger partial charge is 0.315 e. The van der Waals surface area contributed by atoms with Gasteiger partial charge in [-0.2, -0.15) is 5.10 Å². The van der Waals surface area contributed by atoms with E-state index in [-0.39, 0.29) is 6.03 Å². The lowest BCUT2D eigenvalue weighted by Crippen LogP contribution is -2.36. The molecule has 4 heterocycles. The fourth-order valence-electron chi connectivity index (χ4n) is 2.74. The molecule has 0 bridgehead atoms. The number of amides is 2. The van der Waals surface area contributed by atoms with Gasteiger partial charge in [0.15, 0.2) is 5.82 Å². The van der Waals surface area contributed by atoms with E-state index in [1.807, 2.05) is 47.1 Å². The van der Waals surface area contributed by atoms with Crippen molar-refractivity contribution < 1.29 is 4.79 Å². The van der Waals surface area contributed by atoms with E-state index in [9.17, 15) is 4.79 Å². The molecule has 0 aliphatic heterocycles. The van der Waals surface area contributed by atoms with Gasteiger partial charge in [0.05, 0.1) is 5.69 Å². The molecule has 27 heavy (non-hydrogen) atoms. The highest BCUT2D eigenvalue weighted by atomic mass is 16.2. The van der Waals surface area contributed by atoms with Crippen LogP contribution in [-0.2, 0) is 13.0 Å². The van der Waals surface area contributed by atoms with Crippen molar-refractivity contribution in [1.82, 2.24) is 39.8 Å². The van der Waals surface area contributed by atoms with E-state index in [2.05, 4.69) is 30.7 Å². The highest BCUT2D eigenvalue weighted by molar-refractivity contribution is 5.73. The first-order valence-electron chi connectivity index (χ1n) is 8.53. The van der Waals surface area contributed by atoms with E-state index in [0.29, 0.717) is 25.3 Å².